The van der Waals surface area contributed by atoms with Crippen molar-refractivity contribution in [1.82, 2.24) is 24.1 Å². The van der Waals surface area contributed by atoms with Gasteiger partial charge in [0.2, 0.25) is 10.0 Å². The van der Waals surface area contributed by atoms with E-state index in [9.17, 15) is 22.7 Å². The summed E-state index contributed by atoms with van der Waals surface area (Å²) in [5, 5.41) is 20.0. The molecular formula is C24H31FN6O4S. The van der Waals surface area contributed by atoms with E-state index in [0.717, 1.165) is 0 Å². The number of benzene rings is 1. The quantitative estimate of drug-likeness (QED) is 0.469. The van der Waals surface area contributed by atoms with Crippen LogP contribution < -0.4 is 5.32 Å². The number of amides is 1. The molecule has 0 unspecified atom stereocenters. The average molecular weight is 519 g/mol. The Hall–Kier alpha value is -3.22. The number of hydrogen-bond acceptors (Lipinski definition) is 7. The lowest BCUT2D eigenvalue weighted by atomic mass is 9.97. The second kappa shape index (κ2) is 11.2. The van der Waals surface area contributed by atoms with Gasteiger partial charge in [0.25, 0.3) is 5.91 Å². The van der Waals surface area contributed by atoms with Crippen molar-refractivity contribution in [3.8, 4) is 11.5 Å². The Morgan fingerprint density at radius 3 is 2.78 bits per heavy atom. The van der Waals surface area contributed by atoms with Gasteiger partial charge in [-0.15, -0.1) is 10.2 Å². The van der Waals surface area contributed by atoms with Crippen LogP contribution in [0.25, 0.3) is 11.5 Å². The third kappa shape index (κ3) is 5.61. The molecule has 0 fully saturated rings. The molecule has 3 aromatic rings. The van der Waals surface area contributed by atoms with Crippen LogP contribution in [0.1, 0.15) is 55.2 Å². The van der Waals surface area contributed by atoms with Gasteiger partial charge in [-0.3, -0.25) is 4.79 Å². The summed E-state index contributed by atoms with van der Waals surface area (Å²) in [7, 11) is -3.41. The van der Waals surface area contributed by atoms with E-state index in [1.54, 1.807) is 36.6 Å². The number of halogens is 1. The number of rotatable bonds is 8. The molecule has 1 amide bonds. The van der Waals surface area contributed by atoms with Crippen molar-refractivity contribution in [2.45, 2.75) is 46.7 Å². The maximum Gasteiger partial charge on any atom is 0.259 e. The summed E-state index contributed by atoms with van der Waals surface area (Å²) in [6.45, 7) is 3.87. The summed E-state index contributed by atoms with van der Waals surface area (Å²) in [4.78, 5) is 17.3. The molecule has 0 saturated heterocycles. The summed E-state index contributed by atoms with van der Waals surface area (Å²) in [5.74, 6) is -0.740. The number of aliphatic hydroxyl groups excluding tert-OH is 1. The third-order valence-electron chi connectivity index (χ3n) is 5.90. The van der Waals surface area contributed by atoms with Gasteiger partial charge in [-0.05, 0) is 55.2 Å². The van der Waals surface area contributed by atoms with Crippen LogP contribution in [-0.4, -0.2) is 62.4 Å². The first-order valence-electron chi connectivity index (χ1n) is 11.3. The lowest BCUT2D eigenvalue weighted by Crippen LogP contribution is -2.37. The summed E-state index contributed by atoms with van der Waals surface area (Å²) >= 11 is 0. The first-order valence-corrected chi connectivity index (χ1v) is 12.9. The van der Waals surface area contributed by atoms with Crippen LogP contribution in [-0.2, 0) is 23.0 Å². The Bertz CT molecular complexity index is 1340. The molecule has 0 radical (unpaired) electrons. The number of fused-ring (bicyclic) bond motifs is 1. The lowest BCUT2D eigenvalue weighted by Gasteiger charge is -2.28. The molecule has 1 aliphatic heterocycles. The third-order valence-corrected chi connectivity index (χ3v) is 7.92. The average Bonchev–Trinajstić information content (AvgIpc) is 3.33. The van der Waals surface area contributed by atoms with Gasteiger partial charge in [0.1, 0.15) is 23.7 Å². The normalized spacial score (nSPS) is 14.6. The fourth-order valence-corrected chi connectivity index (χ4v) is 5.48. The van der Waals surface area contributed by atoms with Gasteiger partial charge in [0.05, 0.1) is 24.0 Å². The number of carbonyl (C=O) groups excluding carboxylic acids is 1. The van der Waals surface area contributed by atoms with Crippen molar-refractivity contribution in [2.24, 2.45) is 0 Å². The van der Waals surface area contributed by atoms with Crippen LogP contribution in [0.3, 0.4) is 0 Å². The number of hydrogen-bond donors (Lipinski definition) is 2. The molecule has 36 heavy (non-hydrogen) atoms. The minimum Gasteiger partial charge on any atom is -0.394 e. The molecule has 2 aromatic heterocycles. The molecule has 0 saturated carbocycles. The van der Waals surface area contributed by atoms with Crippen LogP contribution in [0, 0.1) is 5.82 Å². The molecule has 0 bridgehead atoms. The Balaban J connectivity index is 0.00000361. The van der Waals surface area contributed by atoms with Crippen molar-refractivity contribution < 1.29 is 22.7 Å². The number of sulfonamides is 1. The Morgan fingerprint density at radius 1 is 1.28 bits per heavy atom. The molecule has 0 spiro atoms. The Labute approximate surface area is 210 Å². The van der Waals surface area contributed by atoms with Crippen LogP contribution in [0.5, 0.6) is 0 Å². The van der Waals surface area contributed by atoms with Crippen LogP contribution in [0.15, 0.2) is 36.7 Å². The van der Waals surface area contributed by atoms with Gasteiger partial charge in [-0.1, -0.05) is 20.4 Å². The minimum absolute atomic E-state index is 0. The molecule has 10 nitrogen and oxygen atoms in total. The molecule has 3 heterocycles. The monoisotopic (exact) mass is 518 g/mol. The van der Waals surface area contributed by atoms with Crippen molar-refractivity contribution in [2.75, 3.05) is 24.2 Å². The van der Waals surface area contributed by atoms with Crippen molar-refractivity contribution in [1.29, 1.82) is 0 Å². The fraction of sp³-hybridized carbons (Fsp3) is 0.417. The maximum atomic E-state index is 14.8. The summed E-state index contributed by atoms with van der Waals surface area (Å²) in [6.07, 6.45) is 2.37. The molecule has 194 valence electrons. The molecule has 1 aliphatic rings. The highest BCUT2D eigenvalue weighted by Gasteiger charge is 2.28. The zero-order valence-electron chi connectivity index (χ0n) is 19.5. The summed E-state index contributed by atoms with van der Waals surface area (Å²) in [5.41, 5.74) is 1.53. The van der Waals surface area contributed by atoms with E-state index in [1.165, 1.54) is 22.8 Å². The second-order valence-corrected chi connectivity index (χ2v) is 10.5. The number of carbonyl (C=O) groups is 1. The Kier molecular flexibility index (Phi) is 8.54. The van der Waals surface area contributed by atoms with Crippen LogP contribution in [0.4, 0.5) is 10.2 Å². The van der Waals surface area contributed by atoms with E-state index in [1.807, 2.05) is 0 Å². The predicted molar refractivity (Wildman–Crippen MR) is 134 cm³/mol. The van der Waals surface area contributed by atoms with E-state index in [0.29, 0.717) is 35.5 Å². The molecule has 4 rings (SSSR count). The van der Waals surface area contributed by atoms with Crippen LogP contribution >= 0.6 is 0 Å². The first kappa shape index (κ1) is 27.4. The highest BCUT2D eigenvalue weighted by Crippen LogP contribution is 2.26. The van der Waals surface area contributed by atoms with Gasteiger partial charge in [0, 0.05) is 13.1 Å². The number of anilines is 1. The Morgan fingerprint density at radius 2 is 2.06 bits per heavy atom. The smallest absolute Gasteiger partial charge is 0.259 e. The number of aliphatic hydroxyl groups is 1. The van der Waals surface area contributed by atoms with Gasteiger partial charge in [0.15, 0.2) is 5.82 Å². The largest absolute Gasteiger partial charge is 0.394 e. The molecule has 0 aliphatic carbocycles. The van der Waals surface area contributed by atoms with Crippen molar-refractivity contribution in [3.05, 3.63) is 59.2 Å². The number of pyridine rings is 1. The minimum atomic E-state index is -3.41. The van der Waals surface area contributed by atoms with Gasteiger partial charge >= 0.3 is 0 Å². The van der Waals surface area contributed by atoms with E-state index >= 15 is 0 Å². The molecule has 2 N–H and O–H groups in total. The van der Waals surface area contributed by atoms with E-state index in [2.05, 4.69) is 20.5 Å². The summed E-state index contributed by atoms with van der Waals surface area (Å²) < 4.78 is 42.8. The molecule has 1 atom stereocenters. The van der Waals surface area contributed by atoms with Crippen molar-refractivity contribution >= 4 is 21.7 Å². The van der Waals surface area contributed by atoms with Crippen LogP contribution in [0.2, 0.25) is 0 Å². The SMILES string of the molecule is C.CCCS(=O)(=O)N1CCc2cc(F)c(C(=O)Nc3cccc(-c4nncn4[C@H](C)CO)n3)cc2C1. The number of nitrogens with zero attached hydrogens (tertiary/aromatic N) is 5. The van der Waals surface area contributed by atoms with Gasteiger partial charge in [-0.25, -0.2) is 17.8 Å². The zero-order valence-corrected chi connectivity index (χ0v) is 20.3. The molecular weight excluding hydrogens is 487 g/mol. The maximum absolute atomic E-state index is 14.8. The summed E-state index contributed by atoms with van der Waals surface area (Å²) in [6, 6.07) is 7.36. The first-order chi connectivity index (χ1) is 16.7. The predicted octanol–water partition coefficient (Wildman–Crippen LogP) is 3.02. The standard InChI is InChI=1S/C23H27FN6O4S.CH4/c1-3-9-35(33,34)29-8-7-16-11-19(24)18(10-17(16)12-29)23(32)27-21-6-4-5-20(26-21)22-28-25-14-30(22)15(2)13-31;/h4-6,10-11,14-15,31H,3,7-9,12-13H2,1-2H3,(H,26,27,32);1H4/t15-;/m1./s1. The highest BCUT2D eigenvalue weighted by molar-refractivity contribution is 7.89. The van der Waals surface area contributed by atoms with Gasteiger partial charge < -0.3 is 15.0 Å². The van der Waals surface area contributed by atoms with E-state index in [-0.39, 0.29) is 50.3 Å². The topological polar surface area (TPSA) is 130 Å². The molecule has 12 heteroatoms. The highest BCUT2D eigenvalue weighted by atomic mass is 32.2. The van der Waals surface area contributed by atoms with Gasteiger partial charge in [-0.2, -0.15) is 4.31 Å². The lowest BCUT2D eigenvalue weighted by molar-refractivity contribution is 0.102. The van der Waals surface area contributed by atoms with E-state index in [4.69, 9.17) is 0 Å². The molecule has 1 aromatic carbocycles. The van der Waals surface area contributed by atoms with Crippen molar-refractivity contribution in [3.63, 3.8) is 0 Å². The second-order valence-electron chi connectivity index (χ2n) is 8.46. The number of nitrogens with one attached hydrogen (secondary N) is 1. The number of aromatic nitrogens is 4. The fourth-order valence-electron chi connectivity index (χ4n) is 4.00. The van der Waals surface area contributed by atoms with E-state index < -0.39 is 21.7 Å². The zero-order chi connectivity index (χ0) is 25.2.